The number of nitrogen functional groups attached to an aromatic ring is 1. The first-order valence-electron chi connectivity index (χ1n) is 8.95. The number of imidazole rings is 1. The van der Waals surface area contributed by atoms with Gasteiger partial charge in [-0.25, -0.2) is 4.79 Å². The number of nitrogens with one attached hydrogen (secondary N) is 2. The minimum Gasteiger partial charge on any atom is -0.478 e. The SMILES string of the molecule is CC1CCNc2cccc(c2)Cn2c(=O)[nH]c3c(N)nc(cc32)OCC1. The summed E-state index contributed by atoms with van der Waals surface area (Å²) in [5.41, 5.74) is 9.20. The van der Waals surface area contributed by atoms with Gasteiger partial charge in [0.1, 0.15) is 5.52 Å². The number of ether oxygens (including phenoxy) is 1. The van der Waals surface area contributed by atoms with E-state index < -0.39 is 0 Å². The molecule has 7 heteroatoms. The van der Waals surface area contributed by atoms with Gasteiger partial charge in [0.25, 0.3) is 0 Å². The van der Waals surface area contributed by atoms with E-state index in [1.165, 1.54) is 0 Å². The number of H-pyrrole nitrogens is 1. The van der Waals surface area contributed by atoms with Gasteiger partial charge in [-0.15, -0.1) is 0 Å². The molecule has 7 nitrogen and oxygen atoms in total. The summed E-state index contributed by atoms with van der Waals surface area (Å²) in [6, 6.07) is 9.93. The second-order valence-electron chi connectivity index (χ2n) is 6.91. The summed E-state index contributed by atoms with van der Waals surface area (Å²) < 4.78 is 7.48. The standard InChI is InChI=1S/C19H23N5O2/c1-12-5-7-21-14-4-2-3-13(9-14)11-24-15-10-16(26-8-6-12)22-18(20)17(15)23-19(24)25/h2-4,9-10,12,21H,5-8,11H2,1H3,(H2,20,22)(H,23,25). The number of hydrogen-bond donors (Lipinski definition) is 3. The fourth-order valence-corrected chi connectivity index (χ4v) is 3.32. The molecule has 136 valence electrons. The van der Waals surface area contributed by atoms with Crippen LogP contribution in [-0.4, -0.2) is 27.7 Å². The molecule has 0 saturated heterocycles. The number of aromatic amines is 1. The van der Waals surface area contributed by atoms with E-state index in [0.29, 0.717) is 36.0 Å². The summed E-state index contributed by atoms with van der Waals surface area (Å²) in [6.45, 7) is 4.14. The summed E-state index contributed by atoms with van der Waals surface area (Å²) >= 11 is 0. The van der Waals surface area contributed by atoms with Crippen LogP contribution in [0, 0.1) is 5.92 Å². The molecule has 2 aromatic heterocycles. The van der Waals surface area contributed by atoms with Crippen LogP contribution in [0.4, 0.5) is 11.5 Å². The molecule has 3 aromatic rings. The van der Waals surface area contributed by atoms with Crippen molar-refractivity contribution in [1.29, 1.82) is 0 Å². The zero-order chi connectivity index (χ0) is 18.1. The van der Waals surface area contributed by atoms with Crippen molar-refractivity contribution < 1.29 is 4.74 Å². The lowest BCUT2D eigenvalue weighted by molar-refractivity contribution is 0.272. The van der Waals surface area contributed by atoms with Crippen LogP contribution in [0.15, 0.2) is 35.1 Å². The van der Waals surface area contributed by atoms with Crippen LogP contribution in [-0.2, 0) is 6.54 Å². The quantitative estimate of drug-likeness (QED) is 0.577. The summed E-state index contributed by atoms with van der Waals surface area (Å²) in [5, 5.41) is 3.46. The number of benzene rings is 1. The Bertz CT molecular complexity index is 991. The van der Waals surface area contributed by atoms with Crippen molar-refractivity contribution >= 4 is 22.5 Å². The topological polar surface area (TPSA) is 98.0 Å². The van der Waals surface area contributed by atoms with Crippen molar-refractivity contribution in [2.75, 3.05) is 24.2 Å². The molecule has 1 aliphatic heterocycles. The van der Waals surface area contributed by atoms with E-state index in [2.05, 4.69) is 28.3 Å². The highest BCUT2D eigenvalue weighted by molar-refractivity contribution is 5.85. The van der Waals surface area contributed by atoms with Crippen LogP contribution in [0.25, 0.3) is 11.0 Å². The van der Waals surface area contributed by atoms with Crippen LogP contribution in [0.5, 0.6) is 5.88 Å². The number of anilines is 2. The number of hydrogen-bond acceptors (Lipinski definition) is 5. The third-order valence-corrected chi connectivity index (χ3v) is 4.87. The normalized spacial score (nSPS) is 18.0. The summed E-state index contributed by atoms with van der Waals surface area (Å²) in [6.07, 6.45) is 1.99. The Balaban J connectivity index is 1.81. The molecular formula is C19H23N5O2. The van der Waals surface area contributed by atoms with Crippen LogP contribution in [0.3, 0.4) is 0 Å². The van der Waals surface area contributed by atoms with Crippen molar-refractivity contribution in [1.82, 2.24) is 14.5 Å². The molecule has 4 bridgehead atoms. The number of nitrogens with zero attached hydrogens (tertiary/aromatic N) is 2. The minimum atomic E-state index is -0.207. The van der Waals surface area contributed by atoms with Crippen molar-refractivity contribution in [3.63, 3.8) is 0 Å². The first-order valence-corrected chi connectivity index (χ1v) is 8.95. The molecule has 3 heterocycles. The monoisotopic (exact) mass is 353 g/mol. The van der Waals surface area contributed by atoms with Crippen LogP contribution < -0.4 is 21.5 Å². The Morgan fingerprint density at radius 1 is 1.31 bits per heavy atom. The molecule has 0 saturated carbocycles. The Hall–Kier alpha value is -2.96. The number of nitrogens with two attached hydrogens (primary N) is 1. The van der Waals surface area contributed by atoms with Gasteiger partial charge in [0, 0.05) is 18.3 Å². The number of fused-ring (bicyclic) bond motifs is 3. The average Bonchev–Trinajstić information content (AvgIpc) is 2.91. The lowest BCUT2D eigenvalue weighted by Crippen LogP contribution is -2.17. The minimum absolute atomic E-state index is 0.207. The van der Waals surface area contributed by atoms with Gasteiger partial charge < -0.3 is 20.8 Å². The molecule has 1 aromatic carbocycles. The second-order valence-corrected chi connectivity index (χ2v) is 6.91. The summed E-state index contributed by atoms with van der Waals surface area (Å²) in [5.74, 6) is 1.26. The number of pyridine rings is 1. The summed E-state index contributed by atoms with van der Waals surface area (Å²) in [4.78, 5) is 19.5. The summed E-state index contributed by atoms with van der Waals surface area (Å²) in [7, 11) is 0. The second kappa shape index (κ2) is 6.74. The Labute approximate surface area is 151 Å². The molecule has 1 aliphatic rings. The van der Waals surface area contributed by atoms with Crippen molar-refractivity contribution in [3.8, 4) is 5.88 Å². The highest BCUT2D eigenvalue weighted by atomic mass is 16.5. The molecule has 0 fully saturated rings. The van der Waals surface area contributed by atoms with Crippen LogP contribution in [0.2, 0.25) is 0 Å². The van der Waals surface area contributed by atoms with Crippen LogP contribution >= 0.6 is 0 Å². The molecule has 0 spiro atoms. The molecule has 4 rings (SSSR count). The van der Waals surface area contributed by atoms with E-state index in [0.717, 1.165) is 30.6 Å². The van der Waals surface area contributed by atoms with E-state index in [4.69, 9.17) is 10.5 Å². The van der Waals surface area contributed by atoms with E-state index >= 15 is 0 Å². The van der Waals surface area contributed by atoms with E-state index in [9.17, 15) is 4.79 Å². The van der Waals surface area contributed by atoms with E-state index in [-0.39, 0.29) is 11.5 Å². The molecule has 1 unspecified atom stereocenters. The Morgan fingerprint density at radius 2 is 2.19 bits per heavy atom. The number of aromatic nitrogens is 3. The zero-order valence-electron chi connectivity index (χ0n) is 14.8. The van der Waals surface area contributed by atoms with Gasteiger partial charge >= 0.3 is 5.69 Å². The maximum atomic E-state index is 12.5. The van der Waals surface area contributed by atoms with Gasteiger partial charge in [0.2, 0.25) is 5.88 Å². The fraction of sp³-hybridized carbons (Fsp3) is 0.368. The average molecular weight is 353 g/mol. The maximum absolute atomic E-state index is 12.5. The predicted octanol–water partition coefficient (Wildman–Crippen LogP) is 2.58. The lowest BCUT2D eigenvalue weighted by atomic mass is 10.0. The maximum Gasteiger partial charge on any atom is 0.326 e. The third kappa shape index (κ3) is 3.24. The molecule has 0 radical (unpaired) electrons. The van der Waals surface area contributed by atoms with E-state index in [1.54, 1.807) is 10.6 Å². The van der Waals surface area contributed by atoms with Crippen molar-refractivity contribution in [2.24, 2.45) is 5.92 Å². The number of rotatable bonds is 0. The highest BCUT2D eigenvalue weighted by Crippen LogP contribution is 2.23. The molecule has 4 N–H and O–H groups in total. The van der Waals surface area contributed by atoms with Gasteiger partial charge in [-0.1, -0.05) is 19.1 Å². The molecule has 26 heavy (non-hydrogen) atoms. The smallest absolute Gasteiger partial charge is 0.326 e. The Morgan fingerprint density at radius 3 is 3.08 bits per heavy atom. The molecule has 0 aliphatic carbocycles. The van der Waals surface area contributed by atoms with Crippen LogP contribution in [0.1, 0.15) is 25.3 Å². The van der Waals surface area contributed by atoms with Gasteiger partial charge in [0.05, 0.1) is 18.7 Å². The molecular weight excluding hydrogens is 330 g/mol. The van der Waals surface area contributed by atoms with Gasteiger partial charge in [-0.3, -0.25) is 4.57 Å². The fourth-order valence-electron chi connectivity index (χ4n) is 3.32. The van der Waals surface area contributed by atoms with E-state index in [1.807, 2.05) is 18.2 Å². The predicted molar refractivity (Wildman–Crippen MR) is 103 cm³/mol. The first-order chi connectivity index (χ1) is 12.6. The van der Waals surface area contributed by atoms with Gasteiger partial charge in [-0.2, -0.15) is 4.98 Å². The Kier molecular flexibility index (Phi) is 4.28. The molecule has 0 amide bonds. The van der Waals surface area contributed by atoms with Gasteiger partial charge in [0.15, 0.2) is 5.82 Å². The largest absolute Gasteiger partial charge is 0.478 e. The van der Waals surface area contributed by atoms with Crippen molar-refractivity contribution in [3.05, 3.63) is 46.4 Å². The van der Waals surface area contributed by atoms with Gasteiger partial charge in [-0.05, 0) is 36.5 Å². The first kappa shape index (κ1) is 16.5. The lowest BCUT2D eigenvalue weighted by Gasteiger charge is -2.13. The molecule has 1 atom stereocenters. The zero-order valence-corrected chi connectivity index (χ0v) is 14.8. The van der Waals surface area contributed by atoms with Crippen molar-refractivity contribution in [2.45, 2.75) is 26.3 Å². The third-order valence-electron chi connectivity index (χ3n) is 4.87. The highest BCUT2D eigenvalue weighted by Gasteiger charge is 2.14.